The van der Waals surface area contributed by atoms with Crippen molar-refractivity contribution in [3.63, 3.8) is 0 Å². The normalized spacial score (nSPS) is 22.3. The average Bonchev–Trinajstić information content (AvgIpc) is 2.34. The maximum atomic E-state index is 2.36. The van der Waals surface area contributed by atoms with Crippen molar-refractivity contribution in [1.29, 1.82) is 0 Å². The summed E-state index contributed by atoms with van der Waals surface area (Å²) >= 11 is 0. The average molecular weight is 240 g/mol. The van der Waals surface area contributed by atoms with Gasteiger partial charge in [0.05, 0.1) is 8.22 Å². The van der Waals surface area contributed by atoms with E-state index in [1.54, 1.807) is 10.9 Å². The van der Waals surface area contributed by atoms with Crippen LogP contribution in [0.2, 0.25) is 0 Å². The van der Waals surface area contributed by atoms with Gasteiger partial charge in [-0.05, 0) is 65.4 Å². The van der Waals surface area contributed by atoms with Crippen LogP contribution in [0.1, 0.15) is 27.7 Å². The molecule has 1 rings (SSSR count). The van der Waals surface area contributed by atoms with E-state index < -0.39 is 0 Å². The summed E-state index contributed by atoms with van der Waals surface area (Å²) in [5.74, 6) is 0.607. The molecule has 0 saturated heterocycles. The van der Waals surface area contributed by atoms with Crippen molar-refractivity contribution in [2.75, 3.05) is 28.2 Å². The Morgan fingerprint density at radius 1 is 0.875 bits per heavy atom. The molecule has 2 nitrogen and oxygen atoms in total. The van der Waals surface area contributed by atoms with Crippen LogP contribution in [0.25, 0.3) is 0 Å². The lowest BCUT2D eigenvalue weighted by molar-refractivity contribution is 0.574. The van der Waals surface area contributed by atoms with Gasteiger partial charge in [0, 0.05) is 5.92 Å². The monoisotopic (exact) mass is 240 g/mol. The Morgan fingerprint density at radius 3 is 1.56 bits per heavy atom. The molecule has 0 N–H and O–H groups in total. The Balaban J connectivity index is 3.15. The number of allylic oxidation sites excluding steroid dienone is 4. The lowest BCUT2D eigenvalue weighted by Gasteiger charge is -2.34. The number of hydrogen-bond acceptors (Lipinski definition) is 2. The SMILES string of the molecule is CC1=C(C)C(C)C(P(N(C)C)N(C)C)=C1C. The summed E-state index contributed by atoms with van der Waals surface area (Å²) < 4.78 is 4.72. The standard InChI is InChI=1S/C13H25N2P/c1-9-10(2)12(4)13(11(9)3)16(14(5)6)15(7)8/h11H,1-8H3. The Bertz CT molecular complexity index is 332. The third-order valence-corrected chi connectivity index (χ3v) is 6.24. The van der Waals surface area contributed by atoms with E-state index in [1.807, 2.05) is 0 Å². The lowest BCUT2D eigenvalue weighted by Crippen LogP contribution is -2.20. The summed E-state index contributed by atoms with van der Waals surface area (Å²) in [6.45, 7) is 9.15. The van der Waals surface area contributed by atoms with E-state index in [9.17, 15) is 0 Å². The minimum absolute atomic E-state index is 0.307. The molecule has 0 bridgehead atoms. The summed E-state index contributed by atoms with van der Waals surface area (Å²) in [7, 11) is 8.42. The molecule has 1 aliphatic carbocycles. The van der Waals surface area contributed by atoms with Crippen LogP contribution in [0, 0.1) is 5.92 Å². The van der Waals surface area contributed by atoms with Crippen molar-refractivity contribution < 1.29 is 0 Å². The first kappa shape index (κ1) is 13.9. The largest absolute Gasteiger partial charge is 0.273 e. The van der Waals surface area contributed by atoms with Crippen molar-refractivity contribution in [3.8, 4) is 0 Å². The van der Waals surface area contributed by atoms with Gasteiger partial charge in [-0.2, -0.15) is 0 Å². The zero-order valence-corrected chi connectivity index (χ0v) is 12.8. The number of nitrogens with zero attached hydrogens (tertiary/aromatic N) is 2. The second-order valence-corrected chi connectivity index (χ2v) is 7.68. The molecule has 92 valence electrons. The highest BCUT2D eigenvalue weighted by molar-refractivity contribution is 7.57. The maximum absolute atomic E-state index is 2.36. The fourth-order valence-electron chi connectivity index (χ4n) is 2.45. The van der Waals surface area contributed by atoms with Gasteiger partial charge in [0.15, 0.2) is 0 Å². The molecule has 1 aliphatic rings. The highest BCUT2D eigenvalue weighted by atomic mass is 31.1. The highest BCUT2D eigenvalue weighted by Gasteiger charge is 2.31. The second-order valence-electron chi connectivity index (χ2n) is 5.02. The van der Waals surface area contributed by atoms with Crippen molar-refractivity contribution >= 4 is 8.22 Å². The predicted molar refractivity (Wildman–Crippen MR) is 74.5 cm³/mol. The zero-order chi connectivity index (χ0) is 12.6. The summed E-state index contributed by atoms with van der Waals surface area (Å²) in [6.07, 6.45) is 0. The molecule has 1 atom stereocenters. The second kappa shape index (κ2) is 5.00. The van der Waals surface area contributed by atoms with E-state index in [-0.39, 0.29) is 8.22 Å². The fourth-order valence-corrected chi connectivity index (χ4v) is 5.04. The van der Waals surface area contributed by atoms with E-state index in [1.165, 1.54) is 11.1 Å². The first-order valence-corrected chi connectivity index (χ1v) is 7.06. The minimum atomic E-state index is -0.307. The summed E-state index contributed by atoms with van der Waals surface area (Å²) in [5, 5.41) is 1.63. The smallest absolute Gasteiger partial charge is 0.0680 e. The van der Waals surface area contributed by atoms with E-state index in [2.05, 4.69) is 65.2 Å². The van der Waals surface area contributed by atoms with Crippen LogP contribution in [-0.2, 0) is 0 Å². The van der Waals surface area contributed by atoms with Gasteiger partial charge in [0.25, 0.3) is 0 Å². The molecular formula is C13H25N2P. The Kier molecular flexibility index (Phi) is 4.34. The van der Waals surface area contributed by atoms with Gasteiger partial charge in [-0.25, -0.2) is 0 Å². The number of hydrogen-bond donors (Lipinski definition) is 0. The van der Waals surface area contributed by atoms with Crippen LogP contribution in [-0.4, -0.2) is 37.5 Å². The lowest BCUT2D eigenvalue weighted by atomic mass is 10.1. The molecule has 16 heavy (non-hydrogen) atoms. The fraction of sp³-hybridized carbons (Fsp3) is 0.692. The molecular weight excluding hydrogens is 215 g/mol. The molecule has 1 unspecified atom stereocenters. The molecule has 0 heterocycles. The molecule has 0 saturated carbocycles. The quantitative estimate of drug-likeness (QED) is 0.694. The van der Waals surface area contributed by atoms with Crippen LogP contribution in [0.4, 0.5) is 0 Å². The van der Waals surface area contributed by atoms with Gasteiger partial charge in [-0.3, -0.25) is 9.34 Å². The molecule has 0 aromatic heterocycles. The van der Waals surface area contributed by atoms with E-state index >= 15 is 0 Å². The van der Waals surface area contributed by atoms with Crippen molar-refractivity contribution in [3.05, 3.63) is 22.0 Å². The maximum Gasteiger partial charge on any atom is 0.0680 e. The van der Waals surface area contributed by atoms with Crippen molar-refractivity contribution in [1.82, 2.24) is 9.34 Å². The van der Waals surface area contributed by atoms with Crippen LogP contribution in [0.5, 0.6) is 0 Å². The third kappa shape index (κ3) is 2.25. The summed E-state index contributed by atoms with van der Waals surface area (Å²) in [4.78, 5) is 0. The van der Waals surface area contributed by atoms with Gasteiger partial charge < -0.3 is 0 Å². The van der Waals surface area contributed by atoms with Gasteiger partial charge in [-0.15, -0.1) is 0 Å². The van der Waals surface area contributed by atoms with Crippen LogP contribution < -0.4 is 0 Å². The van der Waals surface area contributed by atoms with Crippen molar-refractivity contribution in [2.24, 2.45) is 5.92 Å². The molecule has 0 aromatic rings. The first-order chi connectivity index (χ1) is 7.29. The molecule has 0 spiro atoms. The third-order valence-electron chi connectivity index (χ3n) is 3.57. The van der Waals surface area contributed by atoms with Crippen molar-refractivity contribution in [2.45, 2.75) is 27.7 Å². The molecule has 0 aromatic carbocycles. The molecule has 0 amide bonds. The first-order valence-electron chi connectivity index (χ1n) is 5.82. The van der Waals surface area contributed by atoms with Crippen LogP contribution in [0.3, 0.4) is 0 Å². The van der Waals surface area contributed by atoms with Gasteiger partial charge in [0.2, 0.25) is 0 Å². The Hall–Kier alpha value is -0.170. The van der Waals surface area contributed by atoms with E-state index in [0.717, 1.165) is 0 Å². The Morgan fingerprint density at radius 2 is 1.31 bits per heavy atom. The zero-order valence-electron chi connectivity index (χ0n) is 11.9. The minimum Gasteiger partial charge on any atom is -0.273 e. The molecule has 3 heteroatoms. The van der Waals surface area contributed by atoms with Gasteiger partial charge in [0.1, 0.15) is 0 Å². The van der Waals surface area contributed by atoms with E-state index in [0.29, 0.717) is 5.92 Å². The van der Waals surface area contributed by atoms with E-state index in [4.69, 9.17) is 0 Å². The highest BCUT2D eigenvalue weighted by Crippen LogP contribution is 2.57. The molecule has 0 aliphatic heterocycles. The topological polar surface area (TPSA) is 6.48 Å². The van der Waals surface area contributed by atoms with Gasteiger partial charge in [-0.1, -0.05) is 12.5 Å². The van der Waals surface area contributed by atoms with Crippen LogP contribution in [0.15, 0.2) is 22.0 Å². The molecule has 0 fully saturated rings. The number of rotatable bonds is 3. The van der Waals surface area contributed by atoms with Crippen LogP contribution >= 0.6 is 8.22 Å². The molecule has 0 radical (unpaired) electrons. The van der Waals surface area contributed by atoms with Gasteiger partial charge >= 0.3 is 0 Å². The summed E-state index contributed by atoms with van der Waals surface area (Å²) in [6, 6.07) is 0. The Labute approximate surface area is 102 Å². The summed E-state index contributed by atoms with van der Waals surface area (Å²) in [5.41, 5.74) is 4.56. The predicted octanol–water partition coefficient (Wildman–Crippen LogP) is 3.68.